The number of carboxylic acid groups (broad SMARTS) is 1. The zero-order valence-corrected chi connectivity index (χ0v) is 9.19. The summed E-state index contributed by atoms with van der Waals surface area (Å²) in [4.78, 5) is 21.8. The Labute approximate surface area is 95.1 Å². The molecule has 1 rings (SSSR count). The van der Waals surface area contributed by atoms with Crippen LogP contribution in [0, 0.1) is 0 Å². The van der Waals surface area contributed by atoms with Gasteiger partial charge >= 0.3 is 5.97 Å². The molecule has 0 spiro atoms. The van der Waals surface area contributed by atoms with Crippen molar-refractivity contribution in [3.05, 3.63) is 35.9 Å². The molecule has 1 aromatic rings. The minimum atomic E-state index is -0.796. The molecule has 0 radical (unpaired) electrons. The van der Waals surface area contributed by atoms with E-state index in [4.69, 9.17) is 5.11 Å². The van der Waals surface area contributed by atoms with Gasteiger partial charge in [0.2, 0.25) is 0 Å². The first kappa shape index (κ1) is 12.4. The van der Waals surface area contributed by atoms with Crippen LogP contribution in [0.5, 0.6) is 0 Å². The second-order valence-electron chi connectivity index (χ2n) is 3.80. The van der Waals surface area contributed by atoms with Crippen molar-refractivity contribution in [3.8, 4) is 0 Å². The molecule has 86 valence electrons. The van der Waals surface area contributed by atoms with Gasteiger partial charge in [0, 0.05) is 19.3 Å². The van der Waals surface area contributed by atoms with Gasteiger partial charge in [-0.3, -0.25) is 9.59 Å². The fourth-order valence-electron chi connectivity index (χ4n) is 1.51. The molecule has 0 aliphatic rings. The van der Waals surface area contributed by atoms with Crippen LogP contribution in [0.25, 0.3) is 0 Å². The molecule has 0 saturated heterocycles. The van der Waals surface area contributed by atoms with Crippen molar-refractivity contribution in [1.82, 2.24) is 0 Å². The Bertz CT molecular complexity index is 343. The second-order valence-corrected chi connectivity index (χ2v) is 3.80. The minimum Gasteiger partial charge on any atom is -0.481 e. The number of benzene rings is 1. The lowest BCUT2D eigenvalue weighted by molar-refractivity contribution is -0.137. The normalized spacial score (nSPS) is 10.0. The molecule has 0 heterocycles. The summed E-state index contributed by atoms with van der Waals surface area (Å²) < 4.78 is 0. The third kappa shape index (κ3) is 5.29. The maximum atomic E-state index is 11.5. The molecule has 0 aliphatic carbocycles. The zero-order valence-electron chi connectivity index (χ0n) is 9.19. The van der Waals surface area contributed by atoms with Crippen molar-refractivity contribution >= 4 is 11.8 Å². The molecular formula is C13H16O3. The predicted octanol–water partition coefficient (Wildman–Crippen LogP) is 2.44. The molecule has 16 heavy (non-hydrogen) atoms. The average molecular weight is 220 g/mol. The summed E-state index contributed by atoms with van der Waals surface area (Å²) in [7, 11) is 0. The fourth-order valence-corrected chi connectivity index (χ4v) is 1.51. The van der Waals surface area contributed by atoms with Crippen LogP contribution in [-0.2, 0) is 16.0 Å². The van der Waals surface area contributed by atoms with Crippen LogP contribution in [0.4, 0.5) is 0 Å². The highest BCUT2D eigenvalue weighted by Gasteiger charge is 2.04. The zero-order chi connectivity index (χ0) is 11.8. The van der Waals surface area contributed by atoms with E-state index < -0.39 is 5.97 Å². The van der Waals surface area contributed by atoms with Crippen LogP contribution in [0.2, 0.25) is 0 Å². The monoisotopic (exact) mass is 220 g/mol. The van der Waals surface area contributed by atoms with Gasteiger partial charge in [0.25, 0.3) is 0 Å². The summed E-state index contributed by atoms with van der Waals surface area (Å²) in [5.74, 6) is -0.618. The van der Waals surface area contributed by atoms with E-state index >= 15 is 0 Å². The molecule has 0 fully saturated rings. The van der Waals surface area contributed by atoms with Crippen molar-refractivity contribution in [2.45, 2.75) is 32.1 Å². The van der Waals surface area contributed by atoms with Gasteiger partial charge in [-0.15, -0.1) is 0 Å². The van der Waals surface area contributed by atoms with Crippen LogP contribution < -0.4 is 0 Å². The number of hydrogen-bond acceptors (Lipinski definition) is 2. The van der Waals surface area contributed by atoms with Crippen LogP contribution >= 0.6 is 0 Å². The minimum absolute atomic E-state index is 0.151. The SMILES string of the molecule is O=C(O)CCCCC(=O)Cc1ccccc1. The Kier molecular flexibility index (Phi) is 5.26. The Morgan fingerprint density at radius 2 is 1.62 bits per heavy atom. The van der Waals surface area contributed by atoms with E-state index in [1.54, 1.807) is 0 Å². The van der Waals surface area contributed by atoms with Gasteiger partial charge in [-0.05, 0) is 18.4 Å². The second kappa shape index (κ2) is 6.77. The van der Waals surface area contributed by atoms with Crippen LogP contribution in [-0.4, -0.2) is 16.9 Å². The summed E-state index contributed by atoms with van der Waals surface area (Å²) in [5.41, 5.74) is 1.02. The average Bonchev–Trinajstić information content (AvgIpc) is 2.25. The molecule has 0 saturated carbocycles. The van der Waals surface area contributed by atoms with Gasteiger partial charge < -0.3 is 5.11 Å². The number of unbranched alkanes of at least 4 members (excludes halogenated alkanes) is 1. The maximum absolute atomic E-state index is 11.5. The van der Waals surface area contributed by atoms with E-state index in [2.05, 4.69) is 0 Å². The van der Waals surface area contributed by atoms with E-state index in [1.165, 1.54) is 0 Å². The molecule has 1 N–H and O–H groups in total. The quantitative estimate of drug-likeness (QED) is 0.718. The number of hydrogen-bond donors (Lipinski definition) is 1. The van der Waals surface area contributed by atoms with Crippen molar-refractivity contribution in [2.24, 2.45) is 0 Å². The van der Waals surface area contributed by atoms with E-state index in [9.17, 15) is 9.59 Å². The van der Waals surface area contributed by atoms with Gasteiger partial charge in [0.15, 0.2) is 0 Å². The highest BCUT2D eigenvalue weighted by Crippen LogP contribution is 2.06. The molecule has 0 aliphatic heterocycles. The maximum Gasteiger partial charge on any atom is 0.303 e. The largest absolute Gasteiger partial charge is 0.481 e. The smallest absolute Gasteiger partial charge is 0.303 e. The van der Waals surface area contributed by atoms with Gasteiger partial charge in [-0.1, -0.05) is 30.3 Å². The number of Topliss-reactive ketones (excluding diaryl/α,β-unsaturated/α-hetero) is 1. The highest BCUT2D eigenvalue weighted by atomic mass is 16.4. The molecule has 0 atom stereocenters. The summed E-state index contributed by atoms with van der Waals surface area (Å²) in [5, 5.41) is 8.43. The van der Waals surface area contributed by atoms with Gasteiger partial charge in [0.05, 0.1) is 0 Å². The van der Waals surface area contributed by atoms with E-state index in [0.717, 1.165) is 5.56 Å². The first-order valence-electron chi connectivity index (χ1n) is 5.46. The van der Waals surface area contributed by atoms with Gasteiger partial charge in [-0.25, -0.2) is 0 Å². The Balaban J connectivity index is 2.19. The Hall–Kier alpha value is -1.64. The molecule has 0 amide bonds. The van der Waals surface area contributed by atoms with Gasteiger partial charge in [-0.2, -0.15) is 0 Å². The van der Waals surface area contributed by atoms with Crippen molar-refractivity contribution < 1.29 is 14.7 Å². The number of carbonyl (C=O) groups excluding carboxylic acids is 1. The predicted molar refractivity (Wildman–Crippen MR) is 61.3 cm³/mol. The molecule has 3 nitrogen and oxygen atoms in total. The Morgan fingerprint density at radius 1 is 1.00 bits per heavy atom. The molecule has 0 aromatic heterocycles. The lowest BCUT2D eigenvalue weighted by Crippen LogP contribution is -2.03. The molecule has 1 aromatic carbocycles. The van der Waals surface area contributed by atoms with E-state index in [0.29, 0.717) is 25.7 Å². The van der Waals surface area contributed by atoms with Crippen LogP contribution in [0.3, 0.4) is 0 Å². The summed E-state index contributed by atoms with van der Waals surface area (Å²) >= 11 is 0. The van der Waals surface area contributed by atoms with Gasteiger partial charge in [0.1, 0.15) is 5.78 Å². The van der Waals surface area contributed by atoms with Crippen molar-refractivity contribution in [2.75, 3.05) is 0 Å². The van der Waals surface area contributed by atoms with Crippen molar-refractivity contribution in [1.29, 1.82) is 0 Å². The molecular weight excluding hydrogens is 204 g/mol. The van der Waals surface area contributed by atoms with E-state index in [1.807, 2.05) is 30.3 Å². The Morgan fingerprint density at radius 3 is 2.25 bits per heavy atom. The highest BCUT2D eigenvalue weighted by molar-refractivity contribution is 5.80. The molecule has 0 bridgehead atoms. The first-order chi connectivity index (χ1) is 7.68. The summed E-state index contributed by atoms with van der Waals surface area (Å²) in [6, 6.07) is 9.59. The van der Waals surface area contributed by atoms with E-state index in [-0.39, 0.29) is 12.2 Å². The van der Waals surface area contributed by atoms with Crippen molar-refractivity contribution in [3.63, 3.8) is 0 Å². The summed E-state index contributed by atoms with van der Waals surface area (Å²) in [6.07, 6.45) is 2.32. The number of rotatable bonds is 7. The third-order valence-corrected chi connectivity index (χ3v) is 2.34. The lowest BCUT2D eigenvalue weighted by Gasteiger charge is -2.00. The number of carbonyl (C=O) groups is 2. The number of aliphatic carboxylic acids is 1. The lowest BCUT2D eigenvalue weighted by atomic mass is 10.0. The number of ketones is 1. The summed E-state index contributed by atoms with van der Waals surface area (Å²) in [6.45, 7) is 0. The number of carboxylic acids is 1. The third-order valence-electron chi connectivity index (χ3n) is 2.34. The van der Waals surface area contributed by atoms with Crippen LogP contribution in [0.15, 0.2) is 30.3 Å². The standard InChI is InChI=1S/C13H16O3/c14-12(8-4-5-9-13(15)16)10-11-6-2-1-3-7-11/h1-3,6-7H,4-5,8-10H2,(H,15,16). The molecule has 0 unspecified atom stereocenters. The topological polar surface area (TPSA) is 54.4 Å². The molecule has 3 heteroatoms. The fraction of sp³-hybridized carbons (Fsp3) is 0.385. The van der Waals surface area contributed by atoms with Crippen LogP contribution in [0.1, 0.15) is 31.2 Å². The first-order valence-corrected chi connectivity index (χ1v) is 5.46.